The zero-order valence-corrected chi connectivity index (χ0v) is 13.7. The molecule has 3 heteroatoms. The molecular weight excluding hydrogens is 262 g/mol. The van der Waals surface area contributed by atoms with E-state index >= 15 is 0 Å². The Morgan fingerprint density at radius 2 is 2.05 bits per heavy atom. The first kappa shape index (κ1) is 15.9. The van der Waals surface area contributed by atoms with Gasteiger partial charge in [0.15, 0.2) is 0 Å². The summed E-state index contributed by atoms with van der Waals surface area (Å²) in [6.07, 6.45) is 2.30. The number of ether oxygens (including phenoxy) is 1. The third-order valence-corrected chi connectivity index (χ3v) is 4.35. The molecule has 0 radical (unpaired) electrons. The summed E-state index contributed by atoms with van der Waals surface area (Å²) in [7, 11) is 0. The highest BCUT2D eigenvalue weighted by Gasteiger charge is 2.32. The maximum absolute atomic E-state index is 12.8. The van der Waals surface area contributed by atoms with Gasteiger partial charge in [-0.05, 0) is 43.2 Å². The largest absolute Gasteiger partial charge is 0.493 e. The van der Waals surface area contributed by atoms with Crippen molar-refractivity contribution in [3.05, 3.63) is 29.8 Å². The highest BCUT2D eigenvalue weighted by Crippen LogP contribution is 2.34. The minimum Gasteiger partial charge on any atom is -0.493 e. The van der Waals surface area contributed by atoms with Crippen molar-refractivity contribution in [1.82, 2.24) is 4.90 Å². The van der Waals surface area contributed by atoms with E-state index in [9.17, 15) is 4.79 Å². The van der Waals surface area contributed by atoms with E-state index in [-0.39, 0.29) is 11.3 Å². The molecule has 1 fully saturated rings. The molecule has 21 heavy (non-hydrogen) atoms. The molecule has 0 N–H and O–H groups in total. The second kappa shape index (κ2) is 6.50. The quantitative estimate of drug-likeness (QED) is 0.842. The molecular formula is C18H27NO2. The van der Waals surface area contributed by atoms with Crippen LogP contribution >= 0.6 is 0 Å². The van der Waals surface area contributed by atoms with Gasteiger partial charge in [-0.25, -0.2) is 0 Å². The summed E-state index contributed by atoms with van der Waals surface area (Å²) < 4.78 is 5.60. The molecule has 0 aromatic heterocycles. The van der Waals surface area contributed by atoms with Crippen LogP contribution in [-0.2, 0) is 0 Å². The standard InChI is InChI=1S/C18H27NO2/c1-5-21-16-11-7-6-10-15(16)17(20)19-12-8-9-14(13-19)18(2,3)4/h6-7,10-11,14H,5,8-9,12-13H2,1-4H3. The number of piperidine rings is 1. The lowest BCUT2D eigenvalue weighted by atomic mass is 9.76. The van der Waals surface area contributed by atoms with E-state index in [1.54, 1.807) is 0 Å². The van der Waals surface area contributed by atoms with Crippen molar-refractivity contribution in [3.8, 4) is 5.75 Å². The Labute approximate surface area is 128 Å². The molecule has 1 atom stereocenters. The Balaban J connectivity index is 2.16. The van der Waals surface area contributed by atoms with Crippen LogP contribution in [0.5, 0.6) is 5.75 Å². The molecule has 1 aromatic carbocycles. The van der Waals surface area contributed by atoms with Crippen LogP contribution in [0, 0.1) is 11.3 Å². The fourth-order valence-electron chi connectivity index (χ4n) is 2.96. The molecule has 1 heterocycles. The molecule has 116 valence electrons. The van der Waals surface area contributed by atoms with Gasteiger partial charge >= 0.3 is 0 Å². The predicted octanol–water partition coefficient (Wildman–Crippen LogP) is 3.98. The second-order valence-electron chi connectivity index (χ2n) is 6.89. The van der Waals surface area contributed by atoms with Gasteiger partial charge in [0.2, 0.25) is 0 Å². The summed E-state index contributed by atoms with van der Waals surface area (Å²) >= 11 is 0. The molecule has 1 aliphatic heterocycles. The minimum atomic E-state index is 0.105. The number of hydrogen-bond donors (Lipinski definition) is 0. The van der Waals surface area contributed by atoms with Crippen molar-refractivity contribution in [2.45, 2.75) is 40.5 Å². The van der Waals surface area contributed by atoms with Crippen molar-refractivity contribution in [2.24, 2.45) is 11.3 Å². The maximum Gasteiger partial charge on any atom is 0.257 e. The monoisotopic (exact) mass is 289 g/mol. The number of likely N-dealkylation sites (tertiary alicyclic amines) is 1. The van der Waals surface area contributed by atoms with Gasteiger partial charge in [0, 0.05) is 13.1 Å². The van der Waals surface area contributed by atoms with Crippen molar-refractivity contribution < 1.29 is 9.53 Å². The summed E-state index contributed by atoms with van der Waals surface area (Å²) in [5, 5.41) is 0. The summed E-state index contributed by atoms with van der Waals surface area (Å²) in [6.45, 7) is 11.0. The fourth-order valence-corrected chi connectivity index (χ4v) is 2.96. The van der Waals surface area contributed by atoms with Gasteiger partial charge < -0.3 is 9.64 Å². The van der Waals surface area contributed by atoms with Gasteiger partial charge in [0.05, 0.1) is 12.2 Å². The molecule has 1 aliphatic rings. The van der Waals surface area contributed by atoms with E-state index < -0.39 is 0 Å². The first-order valence-corrected chi connectivity index (χ1v) is 7.94. The first-order valence-electron chi connectivity index (χ1n) is 7.94. The van der Waals surface area contributed by atoms with Crippen LogP contribution in [0.2, 0.25) is 0 Å². The molecule has 1 saturated heterocycles. The van der Waals surface area contributed by atoms with Crippen LogP contribution in [0.15, 0.2) is 24.3 Å². The smallest absolute Gasteiger partial charge is 0.257 e. The summed E-state index contributed by atoms with van der Waals surface area (Å²) in [5.74, 6) is 1.37. The Kier molecular flexibility index (Phi) is 4.92. The number of rotatable bonds is 3. The molecule has 3 nitrogen and oxygen atoms in total. The molecule has 1 aromatic rings. The number of carbonyl (C=O) groups excluding carboxylic acids is 1. The normalized spacial score (nSPS) is 19.4. The van der Waals surface area contributed by atoms with Crippen LogP contribution in [0.25, 0.3) is 0 Å². The summed E-state index contributed by atoms with van der Waals surface area (Å²) in [6, 6.07) is 7.56. The Bertz CT molecular complexity index is 490. The van der Waals surface area contributed by atoms with Crippen molar-refractivity contribution in [3.63, 3.8) is 0 Å². The summed E-state index contributed by atoms with van der Waals surface area (Å²) in [4.78, 5) is 14.8. The summed E-state index contributed by atoms with van der Waals surface area (Å²) in [5.41, 5.74) is 0.937. The van der Waals surface area contributed by atoms with Gasteiger partial charge in [-0.1, -0.05) is 32.9 Å². The number of para-hydroxylation sites is 1. The van der Waals surface area contributed by atoms with Crippen LogP contribution in [-0.4, -0.2) is 30.5 Å². The number of benzene rings is 1. The van der Waals surface area contributed by atoms with Crippen LogP contribution in [0.3, 0.4) is 0 Å². The molecule has 0 spiro atoms. The lowest BCUT2D eigenvalue weighted by Crippen LogP contribution is -2.43. The molecule has 1 unspecified atom stereocenters. The van der Waals surface area contributed by atoms with Gasteiger partial charge in [-0.3, -0.25) is 4.79 Å². The van der Waals surface area contributed by atoms with E-state index in [1.807, 2.05) is 36.1 Å². The molecule has 2 rings (SSSR count). The van der Waals surface area contributed by atoms with E-state index in [0.717, 1.165) is 19.5 Å². The van der Waals surface area contributed by atoms with Gasteiger partial charge in [-0.15, -0.1) is 0 Å². The number of carbonyl (C=O) groups is 1. The van der Waals surface area contributed by atoms with E-state index in [4.69, 9.17) is 4.74 Å². The molecule has 0 bridgehead atoms. The van der Waals surface area contributed by atoms with Crippen molar-refractivity contribution in [1.29, 1.82) is 0 Å². The van der Waals surface area contributed by atoms with Crippen LogP contribution in [0.1, 0.15) is 50.9 Å². The van der Waals surface area contributed by atoms with E-state index in [0.29, 0.717) is 23.8 Å². The zero-order chi connectivity index (χ0) is 15.5. The molecule has 0 saturated carbocycles. The Morgan fingerprint density at radius 3 is 2.71 bits per heavy atom. The maximum atomic E-state index is 12.8. The third kappa shape index (κ3) is 3.78. The topological polar surface area (TPSA) is 29.5 Å². The van der Waals surface area contributed by atoms with E-state index in [1.165, 1.54) is 6.42 Å². The minimum absolute atomic E-state index is 0.105. The van der Waals surface area contributed by atoms with Crippen molar-refractivity contribution in [2.75, 3.05) is 19.7 Å². The number of amides is 1. The average Bonchev–Trinajstić information content (AvgIpc) is 2.47. The Morgan fingerprint density at radius 1 is 1.33 bits per heavy atom. The Hall–Kier alpha value is -1.51. The van der Waals surface area contributed by atoms with Crippen LogP contribution < -0.4 is 4.74 Å². The van der Waals surface area contributed by atoms with Crippen LogP contribution in [0.4, 0.5) is 0 Å². The lowest BCUT2D eigenvalue weighted by Gasteiger charge is -2.39. The third-order valence-electron chi connectivity index (χ3n) is 4.35. The zero-order valence-electron chi connectivity index (χ0n) is 13.7. The average molecular weight is 289 g/mol. The van der Waals surface area contributed by atoms with Gasteiger partial charge in [0.1, 0.15) is 5.75 Å². The highest BCUT2D eigenvalue weighted by molar-refractivity contribution is 5.97. The highest BCUT2D eigenvalue weighted by atomic mass is 16.5. The lowest BCUT2D eigenvalue weighted by molar-refractivity contribution is 0.0559. The molecule has 0 aliphatic carbocycles. The van der Waals surface area contributed by atoms with Crippen molar-refractivity contribution >= 4 is 5.91 Å². The fraction of sp³-hybridized carbons (Fsp3) is 0.611. The number of nitrogens with zero attached hydrogens (tertiary/aromatic N) is 1. The van der Waals surface area contributed by atoms with Gasteiger partial charge in [0.25, 0.3) is 5.91 Å². The SMILES string of the molecule is CCOc1ccccc1C(=O)N1CCCC(C(C)(C)C)C1. The van der Waals surface area contributed by atoms with Gasteiger partial charge in [-0.2, -0.15) is 0 Å². The molecule has 1 amide bonds. The van der Waals surface area contributed by atoms with E-state index in [2.05, 4.69) is 20.8 Å². The second-order valence-corrected chi connectivity index (χ2v) is 6.89. The number of hydrogen-bond acceptors (Lipinski definition) is 2. The predicted molar refractivity (Wildman–Crippen MR) is 85.7 cm³/mol. The first-order chi connectivity index (χ1) is 9.93.